The number of furan rings is 1. The summed E-state index contributed by atoms with van der Waals surface area (Å²) in [4.78, 5) is 16.5. The highest BCUT2D eigenvalue weighted by Crippen LogP contribution is 2.13. The molecule has 0 spiro atoms. The average Bonchev–Trinajstić information content (AvgIpc) is 3.10. The van der Waals surface area contributed by atoms with E-state index in [1.165, 1.54) is 0 Å². The summed E-state index contributed by atoms with van der Waals surface area (Å²) in [6, 6.07) is 11.6. The average molecular weight is 356 g/mol. The minimum Gasteiger partial charge on any atom is -0.467 e. The molecule has 0 aliphatic carbocycles. The summed E-state index contributed by atoms with van der Waals surface area (Å²) in [5.41, 5.74) is 1.83. The summed E-state index contributed by atoms with van der Waals surface area (Å²) in [7, 11) is 0. The molecule has 26 heavy (non-hydrogen) atoms. The number of rotatable bonds is 8. The maximum Gasteiger partial charge on any atom is 0.224 e. The van der Waals surface area contributed by atoms with Crippen LogP contribution in [0.1, 0.15) is 38.5 Å². The lowest BCUT2D eigenvalue weighted by molar-refractivity contribution is -0.116. The number of guanidine groups is 1. The second-order valence-corrected chi connectivity index (χ2v) is 6.47. The van der Waals surface area contributed by atoms with Crippen molar-refractivity contribution < 1.29 is 9.21 Å². The van der Waals surface area contributed by atoms with Gasteiger partial charge in [0.05, 0.1) is 19.4 Å². The van der Waals surface area contributed by atoms with Crippen LogP contribution < -0.4 is 16.0 Å². The van der Waals surface area contributed by atoms with Crippen molar-refractivity contribution in [3.05, 3.63) is 54.0 Å². The molecule has 6 nitrogen and oxygen atoms in total. The van der Waals surface area contributed by atoms with E-state index in [0.717, 1.165) is 29.5 Å². The second kappa shape index (κ2) is 10.3. The Hall–Kier alpha value is -2.76. The summed E-state index contributed by atoms with van der Waals surface area (Å²) >= 11 is 0. The molecule has 3 N–H and O–H groups in total. The van der Waals surface area contributed by atoms with Crippen molar-refractivity contribution in [2.24, 2.45) is 10.9 Å². The van der Waals surface area contributed by atoms with E-state index < -0.39 is 0 Å². The Morgan fingerprint density at radius 1 is 1.19 bits per heavy atom. The van der Waals surface area contributed by atoms with Crippen molar-refractivity contribution in [1.82, 2.24) is 10.6 Å². The molecule has 140 valence electrons. The molecule has 6 heteroatoms. The summed E-state index contributed by atoms with van der Waals surface area (Å²) < 4.78 is 5.32. The van der Waals surface area contributed by atoms with Crippen LogP contribution in [-0.2, 0) is 17.9 Å². The molecule has 0 unspecified atom stereocenters. The van der Waals surface area contributed by atoms with Crippen LogP contribution in [0.25, 0.3) is 0 Å². The highest BCUT2D eigenvalue weighted by molar-refractivity contribution is 5.90. The van der Waals surface area contributed by atoms with Gasteiger partial charge in [-0.3, -0.25) is 4.79 Å². The Balaban J connectivity index is 1.95. The van der Waals surface area contributed by atoms with Gasteiger partial charge in [0.1, 0.15) is 5.76 Å². The minimum absolute atomic E-state index is 0.0362. The van der Waals surface area contributed by atoms with Crippen LogP contribution in [0.3, 0.4) is 0 Å². The second-order valence-electron chi connectivity index (χ2n) is 6.47. The van der Waals surface area contributed by atoms with Crippen molar-refractivity contribution in [3.8, 4) is 0 Å². The van der Waals surface area contributed by atoms with Crippen molar-refractivity contribution in [1.29, 1.82) is 0 Å². The van der Waals surface area contributed by atoms with Crippen molar-refractivity contribution in [2.45, 2.75) is 40.3 Å². The summed E-state index contributed by atoms with van der Waals surface area (Å²) in [5, 5.41) is 9.39. The molecule has 0 saturated heterocycles. The lowest BCUT2D eigenvalue weighted by Gasteiger charge is -2.11. The third-order valence-corrected chi connectivity index (χ3v) is 3.58. The largest absolute Gasteiger partial charge is 0.467 e. The van der Waals surface area contributed by atoms with Crippen molar-refractivity contribution in [2.75, 3.05) is 11.9 Å². The van der Waals surface area contributed by atoms with Crippen LogP contribution >= 0.6 is 0 Å². The molecular formula is C20H28N4O2. The van der Waals surface area contributed by atoms with Crippen LogP contribution in [-0.4, -0.2) is 18.4 Å². The SMILES string of the molecule is CCNC(=NCc1cccc(NC(=O)CC(C)C)c1)NCc1ccco1. The Bertz CT molecular complexity index is 708. The first-order valence-corrected chi connectivity index (χ1v) is 9.00. The van der Waals surface area contributed by atoms with Gasteiger partial charge in [-0.25, -0.2) is 4.99 Å². The molecular weight excluding hydrogens is 328 g/mol. The minimum atomic E-state index is 0.0362. The fourth-order valence-electron chi connectivity index (χ4n) is 2.43. The van der Waals surface area contributed by atoms with Gasteiger partial charge in [-0.1, -0.05) is 26.0 Å². The lowest BCUT2D eigenvalue weighted by atomic mass is 10.1. The molecule has 1 aromatic carbocycles. The van der Waals surface area contributed by atoms with Gasteiger partial charge in [0.25, 0.3) is 0 Å². The zero-order valence-corrected chi connectivity index (χ0v) is 15.7. The first kappa shape index (κ1) is 19.6. The molecule has 0 radical (unpaired) electrons. The van der Waals surface area contributed by atoms with E-state index in [4.69, 9.17) is 4.42 Å². The first-order chi connectivity index (χ1) is 12.6. The first-order valence-electron chi connectivity index (χ1n) is 9.00. The quantitative estimate of drug-likeness (QED) is 0.499. The van der Waals surface area contributed by atoms with Gasteiger partial charge in [-0.2, -0.15) is 0 Å². The van der Waals surface area contributed by atoms with Crippen LogP contribution in [0.15, 0.2) is 52.1 Å². The maximum atomic E-state index is 11.9. The van der Waals surface area contributed by atoms with Crippen molar-refractivity contribution >= 4 is 17.6 Å². The molecule has 1 aromatic heterocycles. The van der Waals surface area contributed by atoms with Crippen molar-refractivity contribution in [3.63, 3.8) is 0 Å². The van der Waals surface area contributed by atoms with E-state index in [1.54, 1.807) is 6.26 Å². The van der Waals surface area contributed by atoms with Crippen LogP contribution in [0.2, 0.25) is 0 Å². The number of anilines is 1. The van der Waals surface area contributed by atoms with Gasteiger partial charge < -0.3 is 20.4 Å². The zero-order chi connectivity index (χ0) is 18.8. The summed E-state index contributed by atoms with van der Waals surface area (Å²) in [6.45, 7) is 7.95. The standard InChI is InChI=1S/C20H28N4O2/c1-4-21-20(23-14-18-9-6-10-26-18)22-13-16-7-5-8-17(12-16)24-19(25)11-15(2)3/h5-10,12,15H,4,11,13-14H2,1-3H3,(H,24,25)(H2,21,22,23). The van der Waals surface area contributed by atoms with Crippen LogP contribution in [0.4, 0.5) is 5.69 Å². The van der Waals surface area contributed by atoms with Gasteiger partial charge >= 0.3 is 0 Å². The van der Waals surface area contributed by atoms with E-state index in [1.807, 2.05) is 57.2 Å². The highest BCUT2D eigenvalue weighted by Gasteiger charge is 2.06. The lowest BCUT2D eigenvalue weighted by Crippen LogP contribution is -2.36. The number of nitrogens with zero attached hydrogens (tertiary/aromatic N) is 1. The van der Waals surface area contributed by atoms with Gasteiger partial charge in [-0.15, -0.1) is 0 Å². The molecule has 1 heterocycles. The van der Waals surface area contributed by atoms with Crippen LogP contribution in [0, 0.1) is 5.92 Å². The van der Waals surface area contributed by atoms with E-state index in [9.17, 15) is 4.79 Å². The van der Waals surface area contributed by atoms with Gasteiger partial charge in [0, 0.05) is 18.7 Å². The van der Waals surface area contributed by atoms with E-state index in [0.29, 0.717) is 25.4 Å². The molecule has 0 fully saturated rings. The Labute approximate surface area is 155 Å². The summed E-state index contributed by atoms with van der Waals surface area (Å²) in [5.74, 6) is 1.95. The number of hydrogen-bond donors (Lipinski definition) is 3. The zero-order valence-electron chi connectivity index (χ0n) is 15.7. The number of carbonyl (C=O) groups excluding carboxylic acids is 1. The number of aliphatic imine (C=N–C) groups is 1. The van der Waals surface area contributed by atoms with Crippen LogP contribution in [0.5, 0.6) is 0 Å². The third-order valence-electron chi connectivity index (χ3n) is 3.58. The number of carbonyl (C=O) groups is 1. The number of hydrogen-bond acceptors (Lipinski definition) is 3. The Morgan fingerprint density at radius 3 is 2.73 bits per heavy atom. The monoisotopic (exact) mass is 356 g/mol. The maximum absolute atomic E-state index is 11.9. The molecule has 0 saturated carbocycles. The normalized spacial score (nSPS) is 11.5. The Kier molecular flexibility index (Phi) is 7.74. The molecule has 0 atom stereocenters. The smallest absolute Gasteiger partial charge is 0.224 e. The van der Waals surface area contributed by atoms with Gasteiger partial charge in [-0.05, 0) is 42.7 Å². The molecule has 2 aromatic rings. The predicted octanol–water partition coefficient (Wildman–Crippen LogP) is 3.52. The number of amides is 1. The molecule has 1 amide bonds. The fraction of sp³-hybridized carbons (Fsp3) is 0.400. The van der Waals surface area contributed by atoms with E-state index in [-0.39, 0.29) is 5.91 Å². The van der Waals surface area contributed by atoms with Gasteiger partial charge in [0.2, 0.25) is 5.91 Å². The molecule has 0 aliphatic heterocycles. The number of nitrogens with one attached hydrogen (secondary N) is 3. The van der Waals surface area contributed by atoms with Gasteiger partial charge in [0.15, 0.2) is 5.96 Å². The molecule has 2 rings (SSSR count). The third kappa shape index (κ3) is 7.01. The summed E-state index contributed by atoms with van der Waals surface area (Å²) in [6.07, 6.45) is 2.17. The highest BCUT2D eigenvalue weighted by atomic mass is 16.3. The topological polar surface area (TPSA) is 78.7 Å². The predicted molar refractivity (Wildman–Crippen MR) is 105 cm³/mol. The number of benzene rings is 1. The fourth-order valence-corrected chi connectivity index (χ4v) is 2.43. The van der Waals surface area contributed by atoms with E-state index >= 15 is 0 Å². The Morgan fingerprint density at radius 2 is 2.04 bits per heavy atom. The molecule has 0 aliphatic rings. The molecule has 0 bridgehead atoms. The van der Waals surface area contributed by atoms with E-state index in [2.05, 4.69) is 20.9 Å².